The molecular formula is C11H16N2S. The topological polar surface area (TPSA) is 52.0 Å². The van der Waals surface area contributed by atoms with Gasteiger partial charge in [-0.15, -0.1) is 11.8 Å². The summed E-state index contributed by atoms with van der Waals surface area (Å²) in [4.78, 5) is 1.23. The normalized spacial score (nSPS) is 15.7. The monoisotopic (exact) mass is 208 g/mol. The number of hydrogen-bond donors (Lipinski definition) is 2. The summed E-state index contributed by atoms with van der Waals surface area (Å²) in [5.74, 6) is 2.21. The first-order valence-corrected chi connectivity index (χ1v) is 6.02. The van der Waals surface area contributed by atoms with Gasteiger partial charge >= 0.3 is 0 Å². The van der Waals surface area contributed by atoms with Crippen molar-refractivity contribution in [2.75, 3.05) is 17.2 Å². The highest BCUT2D eigenvalue weighted by atomic mass is 32.2. The predicted octanol–water partition coefficient (Wildman–Crippen LogP) is 2.74. The molecule has 1 saturated carbocycles. The molecular weight excluding hydrogens is 192 g/mol. The molecule has 0 bridgehead atoms. The van der Waals surface area contributed by atoms with Crippen LogP contribution in [0.5, 0.6) is 0 Å². The molecule has 4 N–H and O–H groups in total. The van der Waals surface area contributed by atoms with E-state index < -0.39 is 0 Å². The molecule has 0 saturated heterocycles. The molecule has 0 spiro atoms. The number of rotatable bonds is 4. The summed E-state index contributed by atoms with van der Waals surface area (Å²) in [6.45, 7) is 0. The maximum atomic E-state index is 5.73. The third kappa shape index (κ3) is 2.58. The Morgan fingerprint density at radius 3 is 2.64 bits per heavy atom. The lowest BCUT2D eigenvalue weighted by Gasteiger charge is -2.04. The Labute approximate surface area is 89.1 Å². The van der Waals surface area contributed by atoms with E-state index in [-0.39, 0.29) is 0 Å². The zero-order valence-electron chi connectivity index (χ0n) is 8.20. The van der Waals surface area contributed by atoms with Gasteiger partial charge in [0.05, 0.1) is 11.4 Å². The van der Waals surface area contributed by atoms with Crippen molar-refractivity contribution in [2.24, 2.45) is 5.92 Å². The van der Waals surface area contributed by atoms with Crippen molar-refractivity contribution in [3.63, 3.8) is 0 Å². The quantitative estimate of drug-likeness (QED) is 0.591. The van der Waals surface area contributed by atoms with Gasteiger partial charge in [0.1, 0.15) is 0 Å². The minimum atomic E-state index is 0.677. The van der Waals surface area contributed by atoms with Gasteiger partial charge in [-0.1, -0.05) is 12.8 Å². The Morgan fingerprint density at radius 2 is 2.00 bits per heavy atom. The Kier molecular flexibility index (Phi) is 2.87. The van der Waals surface area contributed by atoms with Crippen molar-refractivity contribution >= 4 is 23.1 Å². The lowest BCUT2D eigenvalue weighted by Crippen LogP contribution is -1.94. The van der Waals surface area contributed by atoms with Crippen LogP contribution in [0.4, 0.5) is 11.4 Å². The van der Waals surface area contributed by atoms with Crippen LogP contribution in [0.2, 0.25) is 0 Å². The molecule has 1 aromatic rings. The highest BCUT2D eigenvalue weighted by Gasteiger charge is 2.20. The van der Waals surface area contributed by atoms with Crippen LogP contribution in [0.25, 0.3) is 0 Å². The number of nitrogens with two attached hydrogens (primary N) is 2. The largest absolute Gasteiger partial charge is 0.397 e. The standard InChI is InChI=1S/C11H16N2S/c12-10-4-3-9(7-11(10)13)14-6-5-8-1-2-8/h3-4,7-8H,1-2,5-6,12-13H2. The van der Waals surface area contributed by atoms with E-state index in [2.05, 4.69) is 0 Å². The van der Waals surface area contributed by atoms with Crippen LogP contribution in [0.15, 0.2) is 23.1 Å². The fraction of sp³-hybridized carbons (Fsp3) is 0.455. The van der Waals surface area contributed by atoms with Gasteiger partial charge in [0.25, 0.3) is 0 Å². The molecule has 1 fully saturated rings. The summed E-state index contributed by atoms with van der Waals surface area (Å²) in [5.41, 5.74) is 12.7. The van der Waals surface area contributed by atoms with E-state index in [4.69, 9.17) is 11.5 Å². The van der Waals surface area contributed by atoms with Gasteiger partial charge in [-0.2, -0.15) is 0 Å². The van der Waals surface area contributed by atoms with Crippen molar-refractivity contribution in [1.82, 2.24) is 0 Å². The molecule has 1 aliphatic rings. The zero-order chi connectivity index (χ0) is 9.97. The number of hydrogen-bond acceptors (Lipinski definition) is 3. The van der Waals surface area contributed by atoms with E-state index in [0.717, 1.165) is 5.92 Å². The Morgan fingerprint density at radius 1 is 1.21 bits per heavy atom. The van der Waals surface area contributed by atoms with Crippen LogP contribution in [-0.2, 0) is 0 Å². The van der Waals surface area contributed by atoms with Gasteiger partial charge < -0.3 is 11.5 Å². The molecule has 1 aromatic carbocycles. The number of benzene rings is 1. The maximum Gasteiger partial charge on any atom is 0.0559 e. The fourth-order valence-electron chi connectivity index (χ4n) is 1.39. The van der Waals surface area contributed by atoms with Crippen molar-refractivity contribution < 1.29 is 0 Å². The van der Waals surface area contributed by atoms with Crippen LogP contribution in [0, 0.1) is 5.92 Å². The molecule has 2 nitrogen and oxygen atoms in total. The number of thioether (sulfide) groups is 1. The van der Waals surface area contributed by atoms with Crippen LogP contribution in [0.1, 0.15) is 19.3 Å². The van der Waals surface area contributed by atoms with Gasteiger partial charge in [-0.3, -0.25) is 0 Å². The highest BCUT2D eigenvalue weighted by Crippen LogP contribution is 2.35. The number of anilines is 2. The first-order chi connectivity index (χ1) is 6.75. The molecule has 0 radical (unpaired) electrons. The number of nitrogen functional groups attached to an aromatic ring is 2. The second kappa shape index (κ2) is 4.13. The second-order valence-corrected chi connectivity index (χ2v) is 5.04. The van der Waals surface area contributed by atoms with Gasteiger partial charge in [0.15, 0.2) is 0 Å². The van der Waals surface area contributed by atoms with Crippen LogP contribution in [0.3, 0.4) is 0 Å². The minimum Gasteiger partial charge on any atom is -0.397 e. The summed E-state index contributed by atoms with van der Waals surface area (Å²) in [6, 6.07) is 5.89. The summed E-state index contributed by atoms with van der Waals surface area (Å²) < 4.78 is 0. The Balaban J connectivity index is 1.85. The Hall–Kier alpha value is -0.830. The van der Waals surface area contributed by atoms with Crippen molar-refractivity contribution in [2.45, 2.75) is 24.2 Å². The van der Waals surface area contributed by atoms with Crippen molar-refractivity contribution in [1.29, 1.82) is 0 Å². The van der Waals surface area contributed by atoms with Crippen LogP contribution < -0.4 is 11.5 Å². The van der Waals surface area contributed by atoms with E-state index in [1.165, 1.54) is 29.9 Å². The molecule has 3 heteroatoms. The Bertz CT molecular complexity index is 321. The smallest absolute Gasteiger partial charge is 0.0559 e. The van der Waals surface area contributed by atoms with E-state index in [1.54, 1.807) is 0 Å². The van der Waals surface area contributed by atoms with E-state index >= 15 is 0 Å². The molecule has 2 rings (SSSR count). The molecule has 0 unspecified atom stereocenters. The zero-order valence-corrected chi connectivity index (χ0v) is 9.02. The average Bonchev–Trinajstić information content (AvgIpc) is 2.95. The summed E-state index contributed by atoms with van der Waals surface area (Å²) in [6.07, 6.45) is 4.21. The minimum absolute atomic E-state index is 0.677. The lowest BCUT2D eigenvalue weighted by molar-refractivity contribution is 0.809. The first-order valence-electron chi connectivity index (χ1n) is 5.03. The molecule has 14 heavy (non-hydrogen) atoms. The van der Waals surface area contributed by atoms with E-state index in [0.29, 0.717) is 11.4 Å². The van der Waals surface area contributed by atoms with Gasteiger partial charge in [0, 0.05) is 4.90 Å². The fourth-order valence-corrected chi connectivity index (χ4v) is 2.45. The van der Waals surface area contributed by atoms with E-state index in [1.807, 2.05) is 30.0 Å². The van der Waals surface area contributed by atoms with Crippen molar-refractivity contribution in [3.8, 4) is 0 Å². The lowest BCUT2D eigenvalue weighted by atomic mass is 10.3. The third-order valence-corrected chi connectivity index (χ3v) is 3.58. The average molecular weight is 208 g/mol. The van der Waals surface area contributed by atoms with Crippen LogP contribution in [-0.4, -0.2) is 5.75 Å². The highest BCUT2D eigenvalue weighted by molar-refractivity contribution is 7.99. The predicted molar refractivity (Wildman–Crippen MR) is 63.3 cm³/mol. The molecule has 0 heterocycles. The molecule has 0 aliphatic heterocycles. The van der Waals surface area contributed by atoms with E-state index in [9.17, 15) is 0 Å². The molecule has 0 amide bonds. The summed E-state index contributed by atoms with van der Waals surface area (Å²) in [5, 5.41) is 0. The second-order valence-electron chi connectivity index (χ2n) is 3.87. The van der Waals surface area contributed by atoms with Crippen LogP contribution >= 0.6 is 11.8 Å². The first kappa shape index (κ1) is 9.71. The molecule has 0 atom stereocenters. The maximum absolute atomic E-state index is 5.73. The van der Waals surface area contributed by atoms with Gasteiger partial charge in [0.2, 0.25) is 0 Å². The SMILES string of the molecule is Nc1ccc(SCCC2CC2)cc1N. The summed E-state index contributed by atoms with van der Waals surface area (Å²) in [7, 11) is 0. The van der Waals surface area contributed by atoms with Crippen molar-refractivity contribution in [3.05, 3.63) is 18.2 Å². The molecule has 76 valence electrons. The molecule has 1 aliphatic carbocycles. The summed E-state index contributed by atoms with van der Waals surface area (Å²) >= 11 is 1.88. The third-order valence-electron chi connectivity index (χ3n) is 2.55. The van der Waals surface area contributed by atoms with Gasteiger partial charge in [-0.05, 0) is 36.3 Å². The molecule has 0 aromatic heterocycles. The van der Waals surface area contributed by atoms with Gasteiger partial charge in [-0.25, -0.2) is 0 Å².